The van der Waals surface area contributed by atoms with Crippen LogP contribution in [0, 0.1) is 0 Å². The number of methoxy groups -OCH3 is 1. The quantitative estimate of drug-likeness (QED) is 0.802. The summed E-state index contributed by atoms with van der Waals surface area (Å²) in [6, 6.07) is 12.6. The van der Waals surface area contributed by atoms with Crippen LogP contribution < -0.4 is 4.74 Å². The fourth-order valence-electron chi connectivity index (χ4n) is 3.19. The van der Waals surface area contributed by atoms with Crippen LogP contribution in [0.5, 0.6) is 5.75 Å². The molecule has 5 heteroatoms. The van der Waals surface area contributed by atoms with Crippen molar-refractivity contribution in [2.75, 3.05) is 33.4 Å². The number of nitrogens with zero attached hydrogens (tertiary/aromatic N) is 2. The summed E-state index contributed by atoms with van der Waals surface area (Å²) in [6.07, 6.45) is 1.93. The number of hydrogen-bond donors (Lipinski definition) is 1. The maximum atomic E-state index is 5.43. The summed E-state index contributed by atoms with van der Waals surface area (Å²) < 4.78 is 10.7. The third kappa shape index (κ3) is 3.00. The highest BCUT2D eigenvalue weighted by molar-refractivity contribution is 5.88. The number of aromatic amines is 1. The first-order valence-electron chi connectivity index (χ1n) is 8.24. The summed E-state index contributed by atoms with van der Waals surface area (Å²) in [6.45, 7) is 4.47. The van der Waals surface area contributed by atoms with Crippen LogP contribution in [0.2, 0.25) is 0 Å². The maximum Gasteiger partial charge on any atom is 0.119 e. The zero-order chi connectivity index (χ0) is 16.4. The molecule has 0 spiro atoms. The van der Waals surface area contributed by atoms with E-state index >= 15 is 0 Å². The Kier molecular flexibility index (Phi) is 4.19. The number of benzene rings is 2. The zero-order valence-corrected chi connectivity index (χ0v) is 13.8. The lowest BCUT2D eigenvalue weighted by Crippen LogP contribution is -2.35. The highest BCUT2D eigenvalue weighted by Crippen LogP contribution is 2.28. The van der Waals surface area contributed by atoms with Crippen LogP contribution >= 0.6 is 0 Å². The summed E-state index contributed by atoms with van der Waals surface area (Å²) in [4.78, 5) is 2.41. The standard InChI is InChI=1S/C19H21N3O2/c1-23-18-5-4-14-10-16(3-2-15(14)11-18)19-17(12-20-21-19)13-22-6-8-24-9-7-22/h2-5,10-12H,6-9,13H2,1H3,(H,20,21). The van der Waals surface area contributed by atoms with Crippen molar-refractivity contribution in [1.29, 1.82) is 0 Å². The van der Waals surface area contributed by atoms with E-state index < -0.39 is 0 Å². The molecule has 2 aromatic carbocycles. The smallest absolute Gasteiger partial charge is 0.119 e. The molecule has 0 amide bonds. The molecule has 1 aliphatic heterocycles. The molecule has 2 heterocycles. The van der Waals surface area contributed by atoms with Gasteiger partial charge in [-0.3, -0.25) is 10.00 Å². The van der Waals surface area contributed by atoms with Gasteiger partial charge in [0.05, 0.1) is 32.2 Å². The van der Waals surface area contributed by atoms with Crippen molar-refractivity contribution in [2.45, 2.75) is 6.54 Å². The van der Waals surface area contributed by atoms with Crippen LogP contribution in [0.1, 0.15) is 5.56 Å². The molecule has 0 saturated carbocycles. The van der Waals surface area contributed by atoms with Crippen molar-refractivity contribution in [3.8, 4) is 17.0 Å². The van der Waals surface area contributed by atoms with E-state index in [1.165, 1.54) is 16.3 Å². The molecule has 1 saturated heterocycles. The first-order valence-corrected chi connectivity index (χ1v) is 8.24. The second-order valence-electron chi connectivity index (χ2n) is 6.09. The van der Waals surface area contributed by atoms with Crippen LogP contribution in [0.15, 0.2) is 42.6 Å². The average molecular weight is 323 g/mol. The molecule has 0 unspecified atom stereocenters. The first-order chi connectivity index (χ1) is 11.8. The van der Waals surface area contributed by atoms with Crippen molar-refractivity contribution in [3.05, 3.63) is 48.2 Å². The lowest BCUT2D eigenvalue weighted by atomic mass is 10.0. The molecule has 3 aromatic rings. The average Bonchev–Trinajstić information content (AvgIpc) is 3.09. The second kappa shape index (κ2) is 6.63. The molecule has 0 atom stereocenters. The van der Waals surface area contributed by atoms with Gasteiger partial charge in [-0.05, 0) is 29.0 Å². The minimum atomic E-state index is 0.811. The molecule has 1 N–H and O–H groups in total. The molecule has 0 bridgehead atoms. The van der Waals surface area contributed by atoms with Gasteiger partial charge in [-0.1, -0.05) is 18.2 Å². The van der Waals surface area contributed by atoms with E-state index in [0.717, 1.165) is 49.9 Å². The number of nitrogens with one attached hydrogen (secondary N) is 1. The van der Waals surface area contributed by atoms with Crippen LogP contribution in [0.25, 0.3) is 22.0 Å². The van der Waals surface area contributed by atoms with E-state index in [0.29, 0.717) is 0 Å². The molecular formula is C19H21N3O2. The molecule has 124 valence electrons. The lowest BCUT2D eigenvalue weighted by Gasteiger charge is -2.26. The van der Waals surface area contributed by atoms with Crippen LogP contribution in [0.4, 0.5) is 0 Å². The summed E-state index contributed by atoms with van der Waals surface area (Å²) >= 11 is 0. The minimum absolute atomic E-state index is 0.811. The fraction of sp³-hybridized carbons (Fsp3) is 0.316. The van der Waals surface area contributed by atoms with Gasteiger partial charge in [0.1, 0.15) is 5.75 Å². The Hall–Kier alpha value is -2.37. The zero-order valence-electron chi connectivity index (χ0n) is 13.8. The van der Waals surface area contributed by atoms with E-state index in [2.05, 4.69) is 45.4 Å². The van der Waals surface area contributed by atoms with Gasteiger partial charge < -0.3 is 9.47 Å². The maximum absolute atomic E-state index is 5.43. The number of ether oxygens (including phenoxy) is 2. The molecule has 1 aromatic heterocycles. The van der Waals surface area contributed by atoms with Crippen molar-refractivity contribution < 1.29 is 9.47 Å². The SMILES string of the molecule is COc1ccc2cc(-c3[nH]ncc3CN3CCOCC3)ccc2c1. The third-order valence-corrected chi connectivity index (χ3v) is 4.55. The Morgan fingerprint density at radius 1 is 1.12 bits per heavy atom. The number of fused-ring (bicyclic) bond motifs is 1. The van der Waals surface area contributed by atoms with Gasteiger partial charge in [0, 0.05) is 30.8 Å². The fourth-order valence-corrected chi connectivity index (χ4v) is 3.19. The topological polar surface area (TPSA) is 50.4 Å². The number of aromatic nitrogens is 2. The van der Waals surface area contributed by atoms with Gasteiger partial charge in [-0.15, -0.1) is 0 Å². The monoisotopic (exact) mass is 323 g/mol. The van der Waals surface area contributed by atoms with Crippen LogP contribution in [0.3, 0.4) is 0 Å². The molecule has 0 radical (unpaired) electrons. The van der Waals surface area contributed by atoms with E-state index in [1.54, 1.807) is 7.11 Å². The predicted octanol–water partition coefficient (Wildman–Crippen LogP) is 3.07. The Labute approximate surface area is 141 Å². The van der Waals surface area contributed by atoms with Crippen LogP contribution in [-0.2, 0) is 11.3 Å². The van der Waals surface area contributed by atoms with Crippen LogP contribution in [-0.4, -0.2) is 48.5 Å². The van der Waals surface area contributed by atoms with E-state index in [9.17, 15) is 0 Å². The highest BCUT2D eigenvalue weighted by atomic mass is 16.5. The first kappa shape index (κ1) is 15.2. The van der Waals surface area contributed by atoms with Crippen molar-refractivity contribution >= 4 is 10.8 Å². The summed E-state index contributed by atoms with van der Waals surface area (Å²) in [5, 5.41) is 9.80. The summed E-state index contributed by atoms with van der Waals surface area (Å²) in [7, 11) is 1.69. The van der Waals surface area contributed by atoms with Crippen molar-refractivity contribution in [1.82, 2.24) is 15.1 Å². The normalized spacial score (nSPS) is 15.7. The van der Waals surface area contributed by atoms with Gasteiger partial charge in [0.2, 0.25) is 0 Å². The van der Waals surface area contributed by atoms with Gasteiger partial charge in [0.25, 0.3) is 0 Å². The number of H-pyrrole nitrogens is 1. The van der Waals surface area contributed by atoms with Gasteiger partial charge in [-0.2, -0.15) is 5.10 Å². The van der Waals surface area contributed by atoms with E-state index in [1.807, 2.05) is 12.3 Å². The minimum Gasteiger partial charge on any atom is -0.497 e. The van der Waals surface area contributed by atoms with Gasteiger partial charge >= 0.3 is 0 Å². The molecule has 24 heavy (non-hydrogen) atoms. The molecule has 1 fully saturated rings. The summed E-state index contributed by atoms with van der Waals surface area (Å²) in [5.74, 6) is 0.879. The third-order valence-electron chi connectivity index (χ3n) is 4.55. The highest BCUT2D eigenvalue weighted by Gasteiger charge is 2.15. The van der Waals surface area contributed by atoms with E-state index in [4.69, 9.17) is 9.47 Å². The second-order valence-corrected chi connectivity index (χ2v) is 6.09. The molecule has 1 aliphatic rings. The molecule has 5 nitrogen and oxygen atoms in total. The van der Waals surface area contributed by atoms with Gasteiger partial charge in [0.15, 0.2) is 0 Å². The molecule has 0 aliphatic carbocycles. The lowest BCUT2D eigenvalue weighted by molar-refractivity contribution is 0.0342. The van der Waals surface area contributed by atoms with Crippen molar-refractivity contribution in [3.63, 3.8) is 0 Å². The largest absolute Gasteiger partial charge is 0.497 e. The molecular weight excluding hydrogens is 302 g/mol. The van der Waals surface area contributed by atoms with Crippen molar-refractivity contribution in [2.24, 2.45) is 0 Å². The Balaban J connectivity index is 1.64. The summed E-state index contributed by atoms with van der Waals surface area (Å²) in [5.41, 5.74) is 3.48. The number of hydrogen-bond acceptors (Lipinski definition) is 4. The number of rotatable bonds is 4. The van der Waals surface area contributed by atoms with Gasteiger partial charge in [-0.25, -0.2) is 0 Å². The number of morpholine rings is 1. The molecule has 4 rings (SSSR count). The Morgan fingerprint density at radius 2 is 1.92 bits per heavy atom. The Morgan fingerprint density at radius 3 is 2.75 bits per heavy atom. The predicted molar refractivity (Wildman–Crippen MR) is 94.2 cm³/mol. The van der Waals surface area contributed by atoms with E-state index in [-0.39, 0.29) is 0 Å². The Bertz CT molecular complexity index is 837.